The second kappa shape index (κ2) is 14.2. The van der Waals surface area contributed by atoms with Crippen LogP contribution >= 0.6 is 0 Å². The first-order chi connectivity index (χ1) is 21.3. The molecule has 0 bridgehead atoms. The van der Waals surface area contributed by atoms with Gasteiger partial charge in [0.05, 0.1) is 24.4 Å². The minimum atomic E-state index is 0.0301. The van der Waals surface area contributed by atoms with Crippen molar-refractivity contribution in [2.24, 2.45) is 0 Å². The number of unbranched alkanes of at least 4 members (excludes halogenated alkanes) is 1. The van der Waals surface area contributed by atoms with E-state index in [1.165, 1.54) is 0 Å². The molecular weight excluding hydrogens is 552 g/mol. The molecule has 0 spiro atoms. The predicted octanol–water partition coefficient (Wildman–Crippen LogP) is 6.73. The molecule has 9 heteroatoms. The van der Waals surface area contributed by atoms with Crippen LogP contribution in [0.15, 0.2) is 60.8 Å². The summed E-state index contributed by atoms with van der Waals surface area (Å²) in [7, 11) is 0. The molecule has 44 heavy (non-hydrogen) atoms. The highest BCUT2D eigenvalue weighted by molar-refractivity contribution is 5.97. The van der Waals surface area contributed by atoms with Crippen LogP contribution in [0.25, 0.3) is 4.85 Å². The first kappa shape index (κ1) is 30.8. The third-order valence-electron chi connectivity index (χ3n) is 7.87. The third-order valence-corrected chi connectivity index (χ3v) is 7.87. The third kappa shape index (κ3) is 7.44. The van der Waals surface area contributed by atoms with Gasteiger partial charge in [0.2, 0.25) is 11.6 Å². The largest absolute Gasteiger partial charge is 0.493 e. The molecule has 228 valence electrons. The van der Waals surface area contributed by atoms with Crippen molar-refractivity contribution in [1.82, 2.24) is 24.3 Å². The molecule has 3 heterocycles. The summed E-state index contributed by atoms with van der Waals surface area (Å²) in [6.45, 7) is 20.4. The van der Waals surface area contributed by atoms with Gasteiger partial charge >= 0.3 is 0 Å². The van der Waals surface area contributed by atoms with E-state index in [2.05, 4.69) is 31.2 Å². The average molecular weight is 593 g/mol. The number of pyridine rings is 1. The highest BCUT2D eigenvalue weighted by Gasteiger charge is 2.25. The molecule has 9 nitrogen and oxygen atoms in total. The number of aromatic nitrogens is 3. The molecule has 1 fully saturated rings. The van der Waals surface area contributed by atoms with Crippen LogP contribution < -0.4 is 9.47 Å². The fourth-order valence-corrected chi connectivity index (χ4v) is 5.33. The van der Waals surface area contributed by atoms with Crippen LogP contribution in [-0.4, -0.2) is 63.0 Å². The van der Waals surface area contributed by atoms with Crippen LogP contribution in [0.4, 0.5) is 5.69 Å². The lowest BCUT2D eigenvalue weighted by molar-refractivity contribution is 0.0621. The van der Waals surface area contributed by atoms with Gasteiger partial charge in [-0.1, -0.05) is 43.2 Å². The van der Waals surface area contributed by atoms with Gasteiger partial charge in [-0.15, -0.1) is 0 Å². The maximum absolute atomic E-state index is 13.5. The van der Waals surface area contributed by atoms with E-state index < -0.39 is 0 Å². The van der Waals surface area contributed by atoms with Crippen molar-refractivity contribution in [3.63, 3.8) is 0 Å². The molecule has 0 aliphatic carbocycles. The normalized spacial score (nSPS) is 13.5. The van der Waals surface area contributed by atoms with E-state index in [9.17, 15) is 4.79 Å². The lowest BCUT2D eigenvalue weighted by atomic mass is 10.1. The minimum absolute atomic E-state index is 0.0301. The van der Waals surface area contributed by atoms with Gasteiger partial charge in [0, 0.05) is 57.2 Å². The molecule has 0 N–H and O–H groups in total. The van der Waals surface area contributed by atoms with Gasteiger partial charge in [-0.05, 0) is 57.0 Å². The Morgan fingerprint density at radius 2 is 1.80 bits per heavy atom. The Kier molecular flexibility index (Phi) is 9.93. The minimum Gasteiger partial charge on any atom is -0.493 e. The summed E-state index contributed by atoms with van der Waals surface area (Å²) in [6.07, 6.45) is 3.94. The number of rotatable bonds is 11. The van der Waals surface area contributed by atoms with Crippen molar-refractivity contribution < 1.29 is 14.3 Å². The number of carbonyl (C=O) groups excluding carboxylic acids is 1. The van der Waals surface area contributed by atoms with Crippen LogP contribution in [-0.2, 0) is 13.1 Å². The number of hydrogen-bond donors (Lipinski definition) is 0. The number of aryl methyl sites for hydroxylation is 3. The number of amides is 1. The van der Waals surface area contributed by atoms with Gasteiger partial charge in [-0.2, -0.15) is 0 Å². The van der Waals surface area contributed by atoms with Gasteiger partial charge in [-0.3, -0.25) is 9.69 Å². The topological polar surface area (TPSA) is 77.1 Å². The van der Waals surface area contributed by atoms with E-state index in [4.69, 9.17) is 16.0 Å². The highest BCUT2D eigenvalue weighted by atomic mass is 16.5. The van der Waals surface area contributed by atoms with Crippen LogP contribution in [0.2, 0.25) is 0 Å². The SMILES string of the molecule is [C-]#[N+]c1ccc(Cn2c(CN3CCN(C(=O)c4cc(C)ccc4OCCCC)CC3)cnc2C)cc1Oc1cccc(C)n1. The van der Waals surface area contributed by atoms with E-state index >= 15 is 0 Å². The van der Waals surface area contributed by atoms with Gasteiger partial charge in [0.15, 0.2) is 0 Å². The second-order valence-corrected chi connectivity index (χ2v) is 11.3. The van der Waals surface area contributed by atoms with Gasteiger partial charge in [0.1, 0.15) is 17.3 Å². The Labute approximate surface area is 259 Å². The van der Waals surface area contributed by atoms with Gasteiger partial charge in [-0.25, -0.2) is 14.8 Å². The van der Waals surface area contributed by atoms with Crippen LogP contribution in [0.3, 0.4) is 0 Å². The smallest absolute Gasteiger partial charge is 0.257 e. The van der Waals surface area contributed by atoms with Crippen molar-refractivity contribution in [2.45, 2.75) is 53.6 Å². The zero-order chi connectivity index (χ0) is 31.1. The first-order valence-electron chi connectivity index (χ1n) is 15.2. The number of carbonyl (C=O) groups is 1. The lowest BCUT2D eigenvalue weighted by Gasteiger charge is -2.35. The Hall–Kier alpha value is -4.68. The van der Waals surface area contributed by atoms with Gasteiger partial charge in [0.25, 0.3) is 5.91 Å². The maximum atomic E-state index is 13.5. The molecule has 5 rings (SSSR count). The molecule has 0 saturated carbocycles. The van der Waals surface area contributed by atoms with Crippen LogP contribution in [0.5, 0.6) is 17.4 Å². The van der Waals surface area contributed by atoms with Crippen molar-refractivity contribution in [3.05, 3.63) is 106 Å². The maximum Gasteiger partial charge on any atom is 0.257 e. The highest BCUT2D eigenvalue weighted by Crippen LogP contribution is 2.33. The number of benzene rings is 2. The fraction of sp³-hybridized carbons (Fsp3) is 0.371. The van der Waals surface area contributed by atoms with E-state index in [1.54, 1.807) is 12.1 Å². The van der Waals surface area contributed by atoms with Crippen molar-refractivity contribution in [3.8, 4) is 17.4 Å². The Balaban J connectivity index is 1.24. The van der Waals surface area contributed by atoms with Gasteiger partial charge < -0.3 is 18.9 Å². The molecular formula is C35H40N6O3. The standard InChI is InChI=1S/C35H40N6O3/c1-6-7-19-43-32-14-11-25(2)20-30(32)35(42)40-17-15-39(16-18-40)24-29-22-37-27(4)41(29)23-28-12-13-31(36-5)33(21-28)44-34-10-8-9-26(3)38-34/h8-14,20-22H,6-7,15-19,23-24H2,1-4H3. The van der Waals surface area contributed by atoms with E-state index in [1.807, 2.05) is 74.3 Å². The zero-order valence-electron chi connectivity index (χ0n) is 26.0. The zero-order valence-corrected chi connectivity index (χ0v) is 26.0. The Bertz CT molecular complexity index is 1650. The summed E-state index contributed by atoms with van der Waals surface area (Å²) >= 11 is 0. The van der Waals surface area contributed by atoms with E-state index in [-0.39, 0.29) is 5.91 Å². The lowest BCUT2D eigenvalue weighted by Crippen LogP contribution is -2.48. The molecule has 0 radical (unpaired) electrons. The summed E-state index contributed by atoms with van der Waals surface area (Å²) in [4.78, 5) is 30.5. The molecule has 1 aliphatic heterocycles. The van der Waals surface area contributed by atoms with Crippen LogP contribution in [0, 0.1) is 27.3 Å². The average Bonchev–Trinajstić information content (AvgIpc) is 3.36. The van der Waals surface area contributed by atoms with E-state index in [0.717, 1.165) is 60.8 Å². The van der Waals surface area contributed by atoms with Crippen molar-refractivity contribution in [1.29, 1.82) is 0 Å². The number of ether oxygens (including phenoxy) is 2. The molecule has 1 saturated heterocycles. The molecule has 1 aliphatic rings. The van der Waals surface area contributed by atoms with Crippen LogP contribution in [0.1, 0.15) is 58.5 Å². The first-order valence-corrected chi connectivity index (χ1v) is 15.2. The predicted molar refractivity (Wildman–Crippen MR) is 171 cm³/mol. The Morgan fingerprint density at radius 3 is 2.55 bits per heavy atom. The Morgan fingerprint density at radius 1 is 0.977 bits per heavy atom. The van der Waals surface area contributed by atoms with E-state index in [0.29, 0.717) is 54.9 Å². The van der Waals surface area contributed by atoms with Crippen molar-refractivity contribution >= 4 is 11.6 Å². The summed E-state index contributed by atoms with van der Waals surface area (Å²) in [6, 6.07) is 17.1. The van der Waals surface area contributed by atoms with Crippen molar-refractivity contribution in [2.75, 3.05) is 32.8 Å². The quantitative estimate of drug-likeness (QED) is 0.142. The molecule has 0 atom stereocenters. The summed E-state index contributed by atoms with van der Waals surface area (Å²) in [5.74, 6) is 2.57. The molecule has 1 amide bonds. The molecule has 4 aromatic rings. The number of nitrogens with zero attached hydrogens (tertiary/aromatic N) is 6. The fourth-order valence-electron chi connectivity index (χ4n) is 5.33. The summed E-state index contributed by atoms with van der Waals surface area (Å²) in [5, 5.41) is 0. The monoisotopic (exact) mass is 592 g/mol. The number of hydrogen-bond acceptors (Lipinski definition) is 6. The molecule has 2 aromatic heterocycles. The molecule has 2 aromatic carbocycles. The summed E-state index contributed by atoms with van der Waals surface area (Å²) < 4.78 is 14.2. The number of imidazole rings is 1. The second-order valence-electron chi connectivity index (χ2n) is 11.3. The molecule has 0 unspecified atom stereocenters. The summed E-state index contributed by atoms with van der Waals surface area (Å²) in [5.41, 5.74) is 5.10. The number of piperazine rings is 1.